The number of hydrogen-bond acceptors (Lipinski definition) is 3. The summed E-state index contributed by atoms with van der Waals surface area (Å²) in [5, 5.41) is 6.72. The zero-order valence-electron chi connectivity index (χ0n) is 9.02. The Balaban J connectivity index is 2.18. The fraction of sp³-hybridized carbons (Fsp3) is 1.00. The summed E-state index contributed by atoms with van der Waals surface area (Å²) in [7, 11) is 1.99. The van der Waals surface area contributed by atoms with E-state index in [0.717, 1.165) is 26.1 Å². The number of rotatable bonds is 5. The molecule has 0 aromatic heterocycles. The first-order chi connectivity index (χ1) is 6.19. The van der Waals surface area contributed by atoms with Gasteiger partial charge in [0.25, 0.3) is 0 Å². The zero-order valence-corrected chi connectivity index (χ0v) is 9.02. The normalized spacial score (nSPS) is 33.9. The Bertz CT molecular complexity index is 152. The topological polar surface area (TPSA) is 33.3 Å². The van der Waals surface area contributed by atoms with E-state index < -0.39 is 0 Å². The van der Waals surface area contributed by atoms with Crippen molar-refractivity contribution in [2.75, 3.05) is 26.7 Å². The molecule has 1 saturated heterocycles. The van der Waals surface area contributed by atoms with Gasteiger partial charge in [-0.3, -0.25) is 0 Å². The van der Waals surface area contributed by atoms with Crippen molar-refractivity contribution in [2.45, 2.75) is 38.3 Å². The van der Waals surface area contributed by atoms with E-state index in [1.54, 1.807) is 0 Å². The van der Waals surface area contributed by atoms with Crippen LogP contribution in [0.15, 0.2) is 0 Å². The van der Waals surface area contributed by atoms with Gasteiger partial charge in [-0.05, 0) is 46.8 Å². The van der Waals surface area contributed by atoms with E-state index in [0.29, 0.717) is 6.10 Å². The maximum Gasteiger partial charge on any atom is 0.0726 e. The maximum atomic E-state index is 5.55. The van der Waals surface area contributed by atoms with Gasteiger partial charge >= 0.3 is 0 Å². The second-order valence-electron chi connectivity index (χ2n) is 4.06. The lowest BCUT2D eigenvalue weighted by molar-refractivity contribution is 0.0887. The van der Waals surface area contributed by atoms with E-state index in [9.17, 15) is 0 Å². The highest BCUT2D eigenvalue weighted by Crippen LogP contribution is 2.24. The van der Waals surface area contributed by atoms with E-state index in [2.05, 4.69) is 24.5 Å². The molecule has 0 aromatic rings. The van der Waals surface area contributed by atoms with Gasteiger partial charge in [0.15, 0.2) is 0 Å². The van der Waals surface area contributed by atoms with Crippen molar-refractivity contribution in [2.24, 2.45) is 0 Å². The predicted molar refractivity (Wildman–Crippen MR) is 55.0 cm³/mol. The molecule has 0 spiro atoms. The minimum atomic E-state index is 0.202. The third-order valence-electron chi connectivity index (χ3n) is 3.02. The van der Waals surface area contributed by atoms with Crippen LogP contribution in [0.3, 0.4) is 0 Å². The molecule has 2 atom stereocenters. The van der Waals surface area contributed by atoms with Crippen LogP contribution in [0.1, 0.15) is 26.7 Å². The van der Waals surface area contributed by atoms with Gasteiger partial charge in [0.1, 0.15) is 0 Å². The molecular weight excluding hydrogens is 164 g/mol. The van der Waals surface area contributed by atoms with Gasteiger partial charge in [-0.2, -0.15) is 0 Å². The molecule has 0 amide bonds. The Morgan fingerprint density at radius 1 is 1.46 bits per heavy atom. The maximum absolute atomic E-state index is 5.55. The highest BCUT2D eigenvalue weighted by molar-refractivity contribution is 4.93. The molecule has 0 radical (unpaired) electrons. The molecule has 1 heterocycles. The summed E-state index contributed by atoms with van der Waals surface area (Å²) in [4.78, 5) is 0. The van der Waals surface area contributed by atoms with Crippen molar-refractivity contribution in [3.05, 3.63) is 0 Å². The van der Waals surface area contributed by atoms with Crippen molar-refractivity contribution < 1.29 is 4.74 Å². The molecule has 13 heavy (non-hydrogen) atoms. The van der Waals surface area contributed by atoms with Crippen LogP contribution in [-0.2, 0) is 4.74 Å². The lowest BCUT2D eigenvalue weighted by Gasteiger charge is -2.29. The molecule has 2 unspecified atom stereocenters. The van der Waals surface area contributed by atoms with Crippen LogP contribution < -0.4 is 10.6 Å². The second-order valence-corrected chi connectivity index (χ2v) is 4.06. The van der Waals surface area contributed by atoms with Crippen LogP contribution in [0.5, 0.6) is 0 Å². The molecule has 3 heteroatoms. The Labute approximate surface area is 81.2 Å². The third kappa shape index (κ3) is 2.93. The molecule has 78 valence electrons. The molecule has 2 N–H and O–H groups in total. The van der Waals surface area contributed by atoms with Crippen LogP contribution in [-0.4, -0.2) is 38.4 Å². The van der Waals surface area contributed by atoms with E-state index in [-0.39, 0.29) is 5.54 Å². The Morgan fingerprint density at radius 3 is 2.77 bits per heavy atom. The van der Waals surface area contributed by atoms with Crippen molar-refractivity contribution in [3.63, 3.8) is 0 Å². The quantitative estimate of drug-likeness (QED) is 0.622. The van der Waals surface area contributed by atoms with Gasteiger partial charge in [-0.15, -0.1) is 0 Å². The summed E-state index contributed by atoms with van der Waals surface area (Å²) in [6, 6.07) is 0. The van der Waals surface area contributed by atoms with Crippen LogP contribution in [0.2, 0.25) is 0 Å². The van der Waals surface area contributed by atoms with Crippen molar-refractivity contribution >= 4 is 0 Å². The van der Waals surface area contributed by atoms with Crippen LogP contribution in [0.25, 0.3) is 0 Å². The van der Waals surface area contributed by atoms with Crippen molar-refractivity contribution in [1.82, 2.24) is 10.6 Å². The molecule has 1 rings (SSSR count). The van der Waals surface area contributed by atoms with Gasteiger partial charge in [0, 0.05) is 12.1 Å². The molecule has 0 aromatic carbocycles. The highest BCUT2D eigenvalue weighted by Gasteiger charge is 2.35. The first-order valence-corrected chi connectivity index (χ1v) is 5.20. The average molecular weight is 186 g/mol. The first-order valence-electron chi connectivity index (χ1n) is 5.20. The van der Waals surface area contributed by atoms with E-state index in [1.165, 1.54) is 6.42 Å². The van der Waals surface area contributed by atoms with E-state index >= 15 is 0 Å². The minimum absolute atomic E-state index is 0.202. The van der Waals surface area contributed by atoms with Gasteiger partial charge in [-0.25, -0.2) is 0 Å². The fourth-order valence-corrected chi connectivity index (χ4v) is 1.71. The van der Waals surface area contributed by atoms with Gasteiger partial charge in [0.2, 0.25) is 0 Å². The lowest BCUT2D eigenvalue weighted by Crippen LogP contribution is -2.48. The first kappa shape index (κ1) is 11.0. The summed E-state index contributed by atoms with van der Waals surface area (Å²) in [6.45, 7) is 7.46. The van der Waals surface area contributed by atoms with Crippen LogP contribution >= 0.6 is 0 Å². The summed E-state index contributed by atoms with van der Waals surface area (Å²) in [5.74, 6) is 0. The Kier molecular flexibility index (Phi) is 4.16. The third-order valence-corrected chi connectivity index (χ3v) is 3.02. The number of ether oxygens (including phenoxy) is 1. The molecule has 0 saturated carbocycles. The van der Waals surface area contributed by atoms with E-state index in [4.69, 9.17) is 4.74 Å². The van der Waals surface area contributed by atoms with E-state index in [1.807, 2.05) is 7.05 Å². The SMILES string of the molecule is CNCCCNC1(C)CCOC1C. The monoisotopic (exact) mass is 186 g/mol. The summed E-state index contributed by atoms with van der Waals surface area (Å²) >= 11 is 0. The Morgan fingerprint density at radius 2 is 2.23 bits per heavy atom. The van der Waals surface area contributed by atoms with Gasteiger partial charge < -0.3 is 15.4 Å². The standard InChI is InChI=1S/C10H22N2O/c1-9-10(2,5-8-13-9)12-7-4-6-11-3/h9,11-12H,4-8H2,1-3H3. The molecule has 1 aliphatic rings. The zero-order chi connectivity index (χ0) is 9.73. The summed E-state index contributed by atoms with van der Waals surface area (Å²) < 4.78 is 5.55. The lowest BCUT2D eigenvalue weighted by atomic mass is 9.94. The molecule has 1 fully saturated rings. The summed E-state index contributed by atoms with van der Waals surface area (Å²) in [6.07, 6.45) is 2.66. The molecule has 1 aliphatic heterocycles. The average Bonchev–Trinajstić information content (AvgIpc) is 2.42. The minimum Gasteiger partial charge on any atom is -0.377 e. The largest absolute Gasteiger partial charge is 0.377 e. The molecule has 0 bridgehead atoms. The fourth-order valence-electron chi connectivity index (χ4n) is 1.71. The van der Waals surface area contributed by atoms with Crippen LogP contribution in [0.4, 0.5) is 0 Å². The number of nitrogens with one attached hydrogen (secondary N) is 2. The molecular formula is C10H22N2O. The molecule has 0 aliphatic carbocycles. The second kappa shape index (κ2) is 4.94. The van der Waals surface area contributed by atoms with Crippen LogP contribution in [0, 0.1) is 0 Å². The number of hydrogen-bond donors (Lipinski definition) is 2. The smallest absolute Gasteiger partial charge is 0.0726 e. The van der Waals surface area contributed by atoms with Gasteiger partial charge in [0.05, 0.1) is 6.10 Å². The summed E-state index contributed by atoms with van der Waals surface area (Å²) in [5.41, 5.74) is 0.202. The highest BCUT2D eigenvalue weighted by atomic mass is 16.5. The Hall–Kier alpha value is -0.120. The predicted octanol–water partition coefficient (Wildman–Crippen LogP) is 0.753. The molecule has 3 nitrogen and oxygen atoms in total. The van der Waals surface area contributed by atoms with Crippen molar-refractivity contribution in [3.8, 4) is 0 Å². The van der Waals surface area contributed by atoms with Gasteiger partial charge in [-0.1, -0.05) is 0 Å². The van der Waals surface area contributed by atoms with Crippen molar-refractivity contribution in [1.29, 1.82) is 0 Å².